The van der Waals surface area contributed by atoms with Crippen LogP contribution in [0.3, 0.4) is 0 Å². The lowest BCUT2D eigenvalue weighted by Crippen LogP contribution is -1.93. The molecule has 0 heterocycles. The van der Waals surface area contributed by atoms with Gasteiger partial charge in [-0.2, -0.15) is 0 Å². The Kier molecular flexibility index (Phi) is 3.08. The molecule has 2 heteroatoms. The Morgan fingerprint density at radius 1 is 0.682 bits per heavy atom. The van der Waals surface area contributed by atoms with Crippen LogP contribution in [0.1, 0.15) is 11.1 Å². The van der Waals surface area contributed by atoms with E-state index in [9.17, 15) is 0 Å². The molecule has 0 atom stereocenters. The summed E-state index contributed by atoms with van der Waals surface area (Å²) in [5.74, 6) is 2.39. The molecule has 0 unspecified atom stereocenters. The molecule has 0 aromatic heterocycles. The first-order valence-electron chi connectivity index (χ1n) is 7.38. The van der Waals surface area contributed by atoms with Crippen LogP contribution in [0, 0.1) is 0 Å². The predicted molar refractivity (Wildman–Crippen MR) is 87.8 cm³/mol. The van der Waals surface area contributed by atoms with Gasteiger partial charge in [-0.25, -0.2) is 0 Å². The van der Waals surface area contributed by atoms with Gasteiger partial charge < -0.3 is 9.47 Å². The van der Waals surface area contributed by atoms with Gasteiger partial charge in [0.1, 0.15) is 5.75 Å². The zero-order valence-electron chi connectivity index (χ0n) is 12.4. The van der Waals surface area contributed by atoms with E-state index in [0.717, 1.165) is 23.7 Å². The van der Waals surface area contributed by atoms with E-state index >= 15 is 0 Å². The highest BCUT2D eigenvalue weighted by atomic mass is 16.5. The van der Waals surface area contributed by atoms with Crippen molar-refractivity contribution in [1.82, 2.24) is 0 Å². The number of ether oxygens (including phenoxy) is 2. The van der Waals surface area contributed by atoms with Crippen molar-refractivity contribution in [3.05, 3.63) is 77.9 Å². The second kappa shape index (κ2) is 5.23. The summed E-state index contributed by atoms with van der Waals surface area (Å²) in [5.41, 5.74) is 5.18. The van der Waals surface area contributed by atoms with Crippen molar-refractivity contribution >= 4 is 0 Å². The van der Waals surface area contributed by atoms with Crippen molar-refractivity contribution in [2.75, 3.05) is 7.11 Å². The SMILES string of the molecule is COc1ccccc1Oc1cccc2c1Cc1ccccc1-2. The molecule has 0 spiro atoms. The van der Waals surface area contributed by atoms with E-state index in [1.54, 1.807) is 7.11 Å². The summed E-state index contributed by atoms with van der Waals surface area (Å²) in [6.45, 7) is 0. The van der Waals surface area contributed by atoms with E-state index in [-0.39, 0.29) is 0 Å². The third-order valence-electron chi connectivity index (χ3n) is 4.10. The largest absolute Gasteiger partial charge is 0.493 e. The van der Waals surface area contributed by atoms with Gasteiger partial charge in [0.25, 0.3) is 0 Å². The van der Waals surface area contributed by atoms with E-state index in [1.165, 1.54) is 22.3 Å². The molecule has 0 N–H and O–H groups in total. The maximum atomic E-state index is 6.15. The number of methoxy groups -OCH3 is 1. The number of hydrogen-bond donors (Lipinski definition) is 0. The first-order valence-corrected chi connectivity index (χ1v) is 7.38. The number of rotatable bonds is 3. The molecule has 0 amide bonds. The lowest BCUT2D eigenvalue weighted by Gasteiger charge is -2.13. The molecule has 0 saturated heterocycles. The summed E-state index contributed by atoms with van der Waals surface area (Å²) >= 11 is 0. The third-order valence-corrected chi connectivity index (χ3v) is 4.10. The monoisotopic (exact) mass is 288 g/mol. The maximum Gasteiger partial charge on any atom is 0.169 e. The van der Waals surface area contributed by atoms with Gasteiger partial charge in [-0.15, -0.1) is 0 Å². The molecule has 1 aliphatic rings. The number of hydrogen-bond acceptors (Lipinski definition) is 2. The summed E-state index contributed by atoms with van der Waals surface area (Å²) in [6.07, 6.45) is 0.914. The van der Waals surface area contributed by atoms with Crippen LogP contribution in [-0.4, -0.2) is 7.11 Å². The van der Waals surface area contributed by atoms with Gasteiger partial charge in [-0.3, -0.25) is 0 Å². The van der Waals surface area contributed by atoms with Gasteiger partial charge in [0.05, 0.1) is 7.11 Å². The standard InChI is InChI=1S/C20H16O2/c1-21-19-10-4-5-11-20(19)22-18-12-6-9-16-15-8-3-2-7-14(15)13-17(16)18/h2-12H,13H2,1H3. The van der Waals surface area contributed by atoms with Gasteiger partial charge in [0.2, 0.25) is 0 Å². The first kappa shape index (κ1) is 13.0. The molecular formula is C20H16O2. The van der Waals surface area contributed by atoms with Crippen molar-refractivity contribution in [3.63, 3.8) is 0 Å². The van der Waals surface area contributed by atoms with Crippen LogP contribution in [0.2, 0.25) is 0 Å². The van der Waals surface area contributed by atoms with Crippen LogP contribution in [0.4, 0.5) is 0 Å². The van der Waals surface area contributed by atoms with Gasteiger partial charge in [-0.05, 0) is 34.9 Å². The molecular weight excluding hydrogens is 272 g/mol. The fourth-order valence-electron chi connectivity index (χ4n) is 3.05. The molecule has 4 rings (SSSR count). The number of benzene rings is 3. The molecule has 0 aliphatic heterocycles. The molecule has 0 fully saturated rings. The fraction of sp³-hybridized carbons (Fsp3) is 0.100. The van der Waals surface area contributed by atoms with Crippen LogP contribution in [0.5, 0.6) is 17.2 Å². The van der Waals surface area contributed by atoms with E-state index in [4.69, 9.17) is 9.47 Å². The maximum absolute atomic E-state index is 6.15. The molecule has 1 aliphatic carbocycles. The van der Waals surface area contributed by atoms with Crippen LogP contribution < -0.4 is 9.47 Å². The van der Waals surface area contributed by atoms with Gasteiger partial charge >= 0.3 is 0 Å². The van der Waals surface area contributed by atoms with Crippen LogP contribution in [-0.2, 0) is 6.42 Å². The smallest absolute Gasteiger partial charge is 0.169 e. The summed E-state index contributed by atoms with van der Waals surface area (Å²) in [4.78, 5) is 0. The van der Waals surface area contributed by atoms with Crippen molar-refractivity contribution in [1.29, 1.82) is 0 Å². The number of para-hydroxylation sites is 2. The Labute approximate surface area is 129 Å². The number of fused-ring (bicyclic) bond motifs is 3. The van der Waals surface area contributed by atoms with Gasteiger partial charge in [0, 0.05) is 12.0 Å². The highest BCUT2D eigenvalue weighted by Gasteiger charge is 2.21. The Hall–Kier alpha value is -2.74. The Balaban J connectivity index is 1.77. The summed E-state index contributed by atoms with van der Waals surface area (Å²) in [7, 11) is 1.66. The Morgan fingerprint density at radius 2 is 1.36 bits per heavy atom. The van der Waals surface area contributed by atoms with Gasteiger partial charge in [0.15, 0.2) is 11.5 Å². The average molecular weight is 288 g/mol. The molecule has 2 nitrogen and oxygen atoms in total. The lowest BCUT2D eigenvalue weighted by molar-refractivity contribution is 0.378. The quantitative estimate of drug-likeness (QED) is 0.524. The van der Waals surface area contributed by atoms with Crippen molar-refractivity contribution < 1.29 is 9.47 Å². The van der Waals surface area contributed by atoms with E-state index in [0.29, 0.717) is 0 Å². The molecule has 3 aromatic rings. The van der Waals surface area contributed by atoms with E-state index in [2.05, 4.69) is 30.3 Å². The zero-order chi connectivity index (χ0) is 14.9. The van der Waals surface area contributed by atoms with E-state index in [1.807, 2.05) is 36.4 Å². The second-order valence-electron chi connectivity index (χ2n) is 5.37. The first-order chi connectivity index (χ1) is 10.9. The van der Waals surface area contributed by atoms with Crippen molar-refractivity contribution in [3.8, 4) is 28.4 Å². The van der Waals surface area contributed by atoms with Crippen molar-refractivity contribution in [2.45, 2.75) is 6.42 Å². The minimum atomic E-state index is 0.745. The summed E-state index contributed by atoms with van der Waals surface area (Å²) in [6, 6.07) is 22.5. The van der Waals surface area contributed by atoms with Crippen molar-refractivity contribution in [2.24, 2.45) is 0 Å². The fourth-order valence-corrected chi connectivity index (χ4v) is 3.05. The summed E-state index contributed by atoms with van der Waals surface area (Å²) in [5, 5.41) is 0. The molecule has 0 radical (unpaired) electrons. The highest BCUT2D eigenvalue weighted by molar-refractivity contribution is 5.79. The van der Waals surface area contributed by atoms with Crippen LogP contribution in [0.15, 0.2) is 66.7 Å². The normalized spacial score (nSPS) is 11.7. The van der Waals surface area contributed by atoms with Crippen LogP contribution >= 0.6 is 0 Å². The molecule has 22 heavy (non-hydrogen) atoms. The molecule has 108 valence electrons. The van der Waals surface area contributed by atoms with Crippen LogP contribution in [0.25, 0.3) is 11.1 Å². The highest BCUT2D eigenvalue weighted by Crippen LogP contribution is 2.43. The average Bonchev–Trinajstić information content (AvgIpc) is 2.95. The minimum Gasteiger partial charge on any atom is -0.493 e. The zero-order valence-corrected chi connectivity index (χ0v) is 12.4. The van der Waals surface area contributed by atoms with E-state index < -0.39 is 0 Å². The minimum absolute atomic E-state index is 0.745. The predicted octanol–water partition coefficient (Wildman–Crippen LogP) is 5.06. The summed E-state index contributed by atoms with van der Waals surface area (Å²) < 4.78 is 11.5. The molecule has 0 saturated carbocycles. The third kappa shape index (κ3) is 2.04. The topological polar surface area (TPSA) is 18.5 Å². The Bertz CT molecular complexity index is 837. The molecule has 3 aromatic carbocycles. The molecule has 0 bridgehead atoms. The van der Waals surface area contributed by atoms with Gasteiger partial charge in [-0.1, -0.05) is 48.5 Å². The Morgan fingerprint density at radius 3 is 2.23 bits per heavy atom. The second-order valence-corrected chi connectivity index (χ2v) is 5.37. The lowest BCUT2D eigenvalue weighted by atomic mass is 10.1.